The van der Waals surface area contributed by atoms with Gasteiger partial charge >= 0.3 is 0 Å². The summed E-state index contributed by atoms with van der Waals surface area (Å²) in [5, 5.41) is 1.60. The first-order valence-electron chi connectivity index (χ1n) is 8.23. The van der Waals surface area contributed by atoms with Gasteiger partial charge in [0, 0.05) is 15.2 Å². The Morgan fingerprint density at radius 1 is 1.23 bits per heavy atom. The van der Waals surface area contributed by atoms with Crippen molar-refractivity contribution in [3.63, 3.8) is 0 Å². The van der Waals surface area contributed by atoms with Gasteiger partial charge in [0.2, 0.25) is 5.91 Å². The number of thioether (sulfide) groups is 1. The van der Waals surface area contributed by atoms with Gasteiger partial charge in [-0.2, -0.15) is 0 Å². The van der Waals surface area contributed by atoms with Gasteiger partial charge in [-0.3, -0.25) is 19.3 Å². The molecule has 0 spiro atoms. The van der Waals surface area contributed by atoms with Crippen LogP contribution in [0.15, 0.2) is 35.2 Å². The molecule has 2 aromatic carbocycles. The zero-order valence-electron chi connectivity index (χ0n) is 15.2. The summed E-state index contributed by atoms with van der Waals surface area (Å²) < 4.78 is 33.8. The second-order valence-electron chi connectivity index (χ2n) is 5.95. The van der Waals surface area contributed by atoms with Crippen LogP contribution in [0.5, 0.6) is 5.75 Å². The van der Waals surface area contributed by atoms with Gasteiger partial charge in [0.1, 0.15) is 23.9 Å². The summed E-state index contributed by atoms with van der Waals surface area (Å²) in [5.41, 5.74) is 0.374. The zero-order chi connectivity index (χ0) is 22.0. The number of carbonyl (C=O) groups excluding carboxylic acids is 3. The van der Waals surface area contributed by atoms with Crippen LogP contribution < -0.4 is 10.1 Å². The van der Waals surface area contributed by atoms with E-state index in [1.807, 2.05) is 6.07 Å². The fraction of sp³-hybridized carbons (Fsp3) is 0.105. The van der Waals surface area contributed by atoms with Crippen molar-refractivity contribution >= 4 is 85.8 Å². The molecule has 1 N–H and O–H groups in total. The largest absolute Gasteiger partial charge is 0.495 e. The van der Waals surface area contributed by atoms with E-state index in [1.54, 1.807) is 6.07 Å². The summed E-state index contributed by atoms with van der Waals surface area (Å²) in [6.45, 7) is -0.597. The molecule has 0 atom stereocenters. The number of nitrogens with zero attached hydrogens (tertiary/aromatic N) is 1. The highest BCUT2D eigenvalue weighted by molar-refractivity contribution is 14.1. The number of ether oxygens (including phenoxy) is 1. The van der Waals surface area contributed by atoms with Crippen molar-refractivity contribution in [2.24, 2.45) is 0 Å². The Bertz CT molecular complexity index is 1090. The lowest BCUT2D eigenvalue weighted by Crippen LogP contribution is -2.36. The number of benzene rings is 2. The molecule has 30 heavy (non-hydrogen) atoms. The maximum absolute atomic E-state index is 13.7. The van der Waals surface area contributed by atoms with Crippen LogP contribution in [0, 0.1) is 18.8 Å². The van der Waals surface area contributed by atoms with E-state index in [4.69, 9.17) is 4.74 Å². The minimum Gasteiger partial charge on any atom is -0.495 e. The number of rotatable bonds is 5. The van der Waals surface area contributed by atoms with Gasteiger partial charge in [-0.1, -0.05) is 0 Å². The van der Waals surface area contributed by atoms with Crippen LogP contribution in [-0.2, 0) is 9.59 Å². The summed E-state index contributed by atoms with van der Waals surface area (Å²) in [4.78, 5) is 38.0. The summed E-state index contributed by atoms with van der Waals surface area (Å²) in [5.74, 6) is -2.62. The van der Waals surface area contributed by atoms with Gasteiger partial charge < -0.3 is 10.1 Å². The summed E-state index contributed by atoms with van der Waals surface area (Å²) in [6.07, 6.45) is 1.53. The molecule has 0 saturated carbocycles. The second-order valence-corrected chi connectivity index (χ2v) is 9.35. The van der Waals surface area contributed by atoms with E-state index in [0.717, 1.165) is 24.2 Å². The highest BCUT2D eigenvalue weighted by Crippen LogP contribution is 2.36. The van der Waals surface area contributed by atoms with Crippen molar-refractivity contribution < 1.29 is 27.9 Å². The Kier molecular flexibility index (Phi) is 7.34. The number of imide groups is 1. The smallest absolute Gasteiger partial charge is 0.294 e. The number of carbonyl (C=O) groups is 3. The third kappa shape index (κ3) is 5.11. The number of anilines is 1. The molecule has 1 fully saturated rings. The number of methoxy groups -OCH3 is 1. The molecule has 6 nitrogen and oxygen atoms in total. The molecular formula is C19H12F2I2N2O4S. The van der Waals surface area contributed by atoms with E-state index >= 15 is 0 Å². The minimum atomic E-state index is -0.960. The fourth-order valence-electron chi connectivity index (χ4n) is 2.60. The Morgan fingerprint density at radius 3 is 2.63 bits per heavy atom. The molecule has 1 aliphatic rings. The van der Waals surface area contributed by atoms with E-state index in [2.05, 4.69) is 50.5 Å². The molecule has 11 heteroatoms. The standard InChI is InChI=1S/C19H12F2I2N2O4S/c1-29-17-9(4-11(22)7-13(17)23)5-15-18(27)25(19(28)30-15)8-16(26)24-14-3-2-10(20)6-12(14)21/h2-7H,8H2,1H3,(H,24,26)/b15-5+. The molecule has 156 valence electrons. The summed E-state index contributed by atoms with van der Waals surface area (Å²) >= 11 is 4.93. The lowest BCUT2D eigenvalue weighted by Gasteiger charge is -2.13. The molecule has 1 aliphatic heterocycles. The predicted molar refractivity (Wildman–Crippen MR) is 126 cm³/mol. The van der Waals surface area contributed by atoms with Crippen molar-refractivity contribution in [2.45, 2.75) is 0 Å². The van der Waals surface area contributed by atoms with Crippen LogP contribution >= 0.6 is 56.9 Å². The molecular weight excluding hydrogens is 644 g/mol. The average molecular weight is 656 g/mol. The van der Waals surface area contributed by atoms with Crippen molar-refractivity contribution in [1.82, 2.24) is 4.90 Å². The minimum absolute atomic E-state index is 0.136. The Balaban J connectivity index is 1.78. The fourth-order valence-corrected chi connectivity index (χ4v) is 5.54. The predicted octanol–water partition coefficient (Wildman–Crippen LogP) is 4.86. The third-order valence-corrected chi connectivity index (χ3v) is 6.24. The van der Waals surface area contributed by atoms with Gasteiger partial charge in [-0.15, -0.1) is 0 Å². The van der Waals surface area contributed by atoms with E-state index in [1.165, 1.54) is 13.2 Å². The molecule has 2 aromatic rings. The average Bonchev–Trinajstić information content (AvgIpc) is 2.91. The first-order chi connectivity index (χ1) is 14.2. The molecule has 3 amide bonds. The number of hydrogen-bond acceptors (Lipinski definition) is 5. The maximum atomic E-state index is 13.7. The van der Waals surface area contributed by atoms with Gasteiger partial charge in [-0.05, 0) is 87.3 Å². The van der Waals surface area contributed by atoms with Gasteiger partial charge in [-0.25, -0.2) is 8.78 Å². The van der Waals surface area contributed by atoms with Crippen molar-refractivity contribution in [3.8, 4) is 5.75 Å². The van der Waals surface area contributed by atoms with Crippen LogP contribution in [-0.4, -0.2) is 35.6 Å². The lowest BCUT2D eigenvalue weighted by atomic mass is 10.2. The second kappa shape index (κ2) is 9.60. The number of amides is 3. The number of hydrogen-bond donors (Lipinski definition) is 1. The molecule has 3 rings (SSSR count). The van der Waals surface area contributed by atoms with Crippen LogP contribution in [0.4, 0.5) is 19.3 Å². The summed E-state index contributed by atoms with van der Waals surface area (Å²) in [7, 11) is 1.51. The molecule has 0 aromatic heterocycles. The molecule has 1 saturated heterocycles. The van der Waals surface area contributed by atoms with Crippen LogP contribution in [0.3, 0.4) is 0 Å². The van der Waals surface area contributed by atoms with Gasteiger partial charge in [0.15, 0.2) is 0 Å². The number of halogens is 4. The Hall–Kier alpha value is -1.74. The third-order valence-electron chi connectivity index (χ3n) is 3.91. The SMILES string of the molecule is COc1c(I)cc(I)cc1/C=C1/SC(=O)N(CC(=O)Nc2ccc(F)cc2F)C1=O. The maximum Gasteiger partial charge on any atom is 0.294 e. The van der Waals surface area contributed by atoms with Gasteiger partial charge in [0.25, 0.3) is 11.1 Å². The normalized spacial score (nSPS) is 15.1. The molecule has 1 heterocycles. The van der Waals surface area contributed by atoms with Crippen LogP contribution in [0.2, 0.25) is 0 Å². The van der Waals surface area contributed by atoms with Crippen molar-refractivity contribution in [2.75, 3.05) is 19.0 Å². The van der Waals surface area contributed by atoms with Crippen LogP contribution in [0.25, 0.3) is 6.08 Å². The van der Waals surface area contributed by atoms with E-state index in [9.17, 15) is 23.2 Å². The highest BCUT2D eigenvalue weighted by Gasteiger charge is 2.36. The monoisotopic (exact) mass is 656 g/mol. The van der Waals surface area contributed by atoms with Crippen molar-refractivity contribution in [3.05, 3.63) is 59.6 Å². The first kappa shape index (κ1) is 22.9. The molecule has 0 aliphatic carbocycles. The Labute approximate surface area is 201 Å². The van der Waals surface area contributed by atoms with Crippen LogP contribution in [0.1, 0.15) is 5.56 Å². The van der Waals surface area contributed by atoms with Crippen molar-refractivity contribution in [1.29, 1.82) is 0 Å². The van der Waals surface area contributed by atoms with Gasteiger partial charge in [0.05, 0.1) is 21.3 Å². The quantitative estimate of drug-likeness (QED) is 0.368. The summed E-state index contributed by atoms with van der Waals surface area (Å²) in [6, 6.07) is 6.37. The van der Waals surface area contributed by atoms with E-state index < -0.39 is 35.2 Å². The first-order valence-corrected chi connectivity index (χ1v) is 11.2. The molecule has 0 bridgehead atoms. The van der Waals surface area contributed by atoms with E-state index in [-0.39, 0.29) is 10.6 Å². The lowest BCUT2D eigenvalue weighted by molar-refractivity contribution is -0.127. The topological polar surface area (TPSA) is 75.7 Å². The molecule has 0 unspecified atom stereocenters. The number of nitrogens with one attached hydrogen (secondary N) is 1. The van der Waals surface area contributed by atoms with E-state index in [0.29, 0.717) is 29.1 Å². The zero-order valence-corrected chi connectivity index (χ0v) is 20.3. The molecule has 0 radical (unpaired) electrons. The Morgan fingerprint density at radius 2 is 1.97 bits per heavy atom. The highest BCUT2D eigenvalue weighted by atomic mass is 127.